The Kier molecular flexibility index (Phi) is 12.7. The van der Waals surface area contributed by atoms with Gasteiger partial charge in [-0.2, -0.15) is 0 Å². The van der Waals surface area contributed by atoms with Crippen LogP contribution in [0.25, 0.3) is 11.3 Å². The molecule has 268 valence electrons. The number of hydrogen-bond donors (Lipinski definition) is 4. The molecule has 4 amide bonds. The van der Waals surface area contributed by atoms with Crippen LogP contribution in [-0.2, 0) is 24.3 Å². The van der Waals surface area contributed by atoms with Gasteiger partial charge in [0.15, 0.2) is 0 Å². The van der Waals surface area contributed by atoms with Gasteiger partial charge in [-0.15, -0.1) is 0 Å². The highest BCUT2D eigenvalue weighted by Crippen LogP contribution is 2.23. The fourth-order valence-corrected chi connectivity index (χ4v) is 6.41. The minimum absolute atomic E-state index is 0.111. The predicted octanol–water partition coefficient (Wildman–Crippen LogP) is 4.88. The zero-order chi connectivity index (χ0) is 36.3. The number of aromatic nitrogens is 2. The zero-order valence-corrected chi connectivity index (χ0v) is 29.4. The van der Waals surface area contributed by atoms with Crippen LogP contribution in [0.5, 0.6) is 0 Å². The van der Waals surface area contributed by atoms with E-state index in [1.165, 1.54) is 5.01 Å². The van der Waals surface area contributed by atoms with Gasteiger partial charge in [0, 0.05) is 43.6 Å². The van der Waals surface area contributed by atoms with Crippen LogP contribution >= 0.6 is 0 Å². The summed E-state index contributed by atoms with van der Waals surface area (Å²) in [6.45, 7) is 7.08. The number of hydrogen-bond acceptors (Lipinski definition) is 7. The normalized spacial score (nSPS) is 15.4. The molecule has 0 bridgehead atoms. The van der Waals surface area contributed by atoms with Crippen molar-refractivity contribution in [3.63, 3.8) is 0 Å². The van der Waals surface area contributed by atoms with Crippen molar-refractivity contribution in [1.29, 1.82) is 0 Å². The lowest BCUT2D eigenvalue weighted by atomic mass is 9.95. The summed E-state index contributed by atoms with van der Waals surface area (Å²) in [6, 6.07) is 26.7. The minimum Gasteiger partial charge on any atom is -0.464 e. The Bertz CT molecular complexity index is 1740. The molecular formula is C39H47N7O5. The number of pyridine rings is 2. The number of carbonyl (C=O) groups excluding carboxylic acids is 2. The second-order valence-corrected chi connectivity index (χ2v) is 13.1. The summed E-state index contributed by atoms with van der Waals surface area (Å²) in [5.41, 5.74) is 7.50. The molecule has 0 saturated carbocycles. The number of hydrazine groups is 1. The van der Waals surface area contributed by atoms with Crippen LogP contribution in [0.4, 0.5) is 9.59 Å². The molecule has 4 N–H and O–H groups in total. The first kappa shape index (κ1) is 36.9. The van der Waals surface area contributed by atoms with Crippen LogP contribution in [0.2, 0.25) is 0 Å². The fraction of sp³-hybridized carbons (Fsp3) is 0.359. The standard InChI is InChI=1S/C39H47N7O5/c1-4-27(2)36(46-22-21-44(39(46)51)25-32-14-10-11-28(3)41-32)37(48)42-34(23-29-12-6-5-7-13-29)35(47)26-45(43-38(49)50)24-30-16-18-31(19-17-30)33-15-8-9-20-40-33/h5-20,27,34-36,43,47H,4,21-26H2,1-3H3,(H,42,48)(H,49,50)/t27-,34-,35-,36-/m0/s1. The maximum Gasteiger partial charge on any atom is 0.419 e. The second-order valence-electron chi connectivity index (χ2n) is 13.1. The van der Waals surface area contributed by atoms with E-state index in [1.807, 2.05) is 112 Å². The van der Waals surface area contributed by atoms with Crippen LogP contribution in [0.1, 0.15) is 42.8 Å². The number of nitrogens with one attached hydrogen (secondary N) is 2. The third-order valence-electron chi connectivity index (χ3n) is 9.25. The molecule has 2 aromatic carbocycles. The number of carboxylic acid groups (broad SMARTS) is 1. The van der Waals surface area contributed by atoms with Crippen molar-refractivity contribution in [1.82, 2.24) is 35.5 Å². The van der Waals surface area contributed by atoms with Crippen molar-refractivity contribution in [3.05, 3.63) is 120 Å². The predicted molar refractivity (Wildman–Crippen MR) is 194 cm³/mol. The third-order valence-corrected chi connectivity index (χ3v) is 9.25. The maximum atomic E-state index is 14.2. The van der Waals surface area contributed by atoms with E-state index in [2.05, 4.69) is 20.7 Å². The Labute approximate surface area is 299 Å². The van der Waals surface area contributed by atoms with E-state index in [9.17, 15) is 24.6 Å². The summed E-state index contributed by atoms with van der Waals surface area (Å²) in [5, 5.41) is 25.9. The molecule has 51 heavy (non-hydrogen) atoms. The lowest BCUT2D eigenvalue weighted by molar-refractivity contribution is -0.128. The second kappa shape index (κ2) is 17.6. The molecular weight excluding hydrogens is 646 g/mol. The smallest absolute Gasteiger partial charge is 0.419 e. The van der Waals surface area contributed by atoms with Gasteiger partial charge in [0.25, 0.3) is 0 Å². The van der Waals surface area contributed by atoms with E-state index in [4.69, 9.17) is 0 Å². The Balaban J connectivity index is 1.32. The van der Waals surface area contributed by atoms with Crippen molar-refractivity contribution in [2.24, 2.45) is 5.92 Å². The summed E-state index contributed by atoms with van der Waals surface area (Å²) in [7, 11) is 0. The Hall–Kier alpha value is -5.33. The molecule has 1 fully saturated rings. The van der Waals surface area contributed by atoms with Crippen molar-refractivity contribution < 1.29 is 24.6 Å². The summed E-state index contributed by atoms with van der Waals surface area (Å²) in [4.78, 5) is 52.0. The highest BCUT2D eigenvalue weighted by molar-refractivity contribution is 5.88. The molecule has 2 aromatic heterocycles. The Morgan fingerprint density at radius 1 is 0.941 bits per heavy atom. The van der Waals surface area contributed by atoms with Gasteiger partial charge in [0.1, 0.15) is 6.04 Å². The van der Waals surface area contributed by atoms with E-state index < -0.39 is 24.3 Å². The van der Waals surface area contributed by atoms with Crippen LogP contribution in [0.15, 0.2) is 97.2 Å². The summed E-state index contributed by atoms with van der Waals surface area (Å²) in [6.07, 6.45) is 0.221. The highest BCUT2D eigenvalue weighted by Gasteiger charge is 2.41. The molecule has 5 rings (SSSR count). The number of aryl methyl sites for hydroxylation is 1. The molecule has 12 heteroatoms. The number of benzene rings is 2. The van der Waals surface area contributed by atoms with Crippen molar-refractivity contribution in [2.75, 3.05) is 19.6 Å². The topological polar surface area (TPSA) is 151 Å². The van der Waals surface area contributed by atoms with Crippen molar-refractivity contribution in [3.8, 4) is 11.3 Å². The lowest BCUT2D eigenvalue weighted by Gasteiger charge is -2.34. The first-order valence-electron chi connectivity index (χ1n) is 17.4. The molecule has 0 spiro atoms. The number of aliphatic hydroxyl groups is 1. The van der Waals surface area contributed by atoms with Gasteiger partial charge in [-0.3, -0.25) is 20.2 Å². The Morgan fingerprint density at radius 3 is 2.35 bits per heavy atom. The fourth-order valence-electron chi connectivity index (χ4n) is 6.41. The first-order chi connectivity index (χ1) is 24.6. The third kappa shape index (κ3) is 10.1. The maximum absolute atomic E-state index is 14.2. The van der Waals surface area contributed by atoms with E-state index in [0.29, 0.717) is 32.5 Å². The van der Waals surface area contributed by atoms with Crippen LogP contribution in [-0.4, -0.2) is 90.8 Å². The van der Waals surface area contributed by atoms with Gasteiger partial charge in [0.2, 0.25) is 5.91 Å². The number of aliphatic hydroxyl groups excluding tert-OH is 1. The van der Waals surface area contributed by atoms with E-state index in [-0.39, 0.29) is 30.9 Å². The molecule has 0 radical (unpaired) electrons. The van der Waals surface area contributed by atoms with Crippen LogP contribution < -0.4 is 10.7 Å². The molecule has 3 heterocycles. The summed E-state index contributed by atoms with van der Waals surface area (Å²) < 4.78 is 0. The Morgan fingerprint density at radius 2 is 1.69 bits per heavy atom. The first-order valence-corrected chi connectivity index (χ1v) is 17.4. The average molecular weight is 694 g/mol. The highest BCUT2D eigenvalue weighted by atomic mass is 16.4. The largest absolute Gasteiger partial charge is 0.464 e. The minimum atomic E-state index is -1.27. The van der Waals surface area contributed by atoms with E-state index in [1.54, 1.807) is 16.0 Å². The van der Waals surface area contributed by atoms with Crippen LogP contribution in [0, 0.1) is 12.8 Å². The summed E-state index contributed by atoms with van der Waals surface area (Å²) in [5.74, 6) is -0.532. The molecule has 0 aliphatic carbocycles. The monoisotopic (exact) mass is 693 g/mol. The number of urea groups is 1. The molecule has 1 aliphatic rings. The molecule has 12 nitrogen and oxygen atoms in total. The van der Waals surface area contributed by atoms with Gasteiger partial charge in [0.05, 0.1) is 30.1 Å². The van der Waals surface area contributed by atoms with Gasteiger partial charge in [-0.1, -0.05) is 87.0 Å². The van der Waals surface area contributed by atoms with Gasteiger partial charge in [-0.25, -0.2) is 14.6 Å². The average Bonchev–Trinajstić information content (AvgIpc) is 3.47. The molecule has 1 aliphatic heterocycles. The zero-order valence-electron chi connectivity index (χ0n) is 29.4. The van der Waals surface area contributed by atoms with Gasteiger partial charge >= 0.3 is 12.1 Å². The molecule has 4 aromatic rings. The van der Waals surface area contributed by atoms with Crippen molar-refractivity contribution >= 4 is 18.0 Å². The van der Waals surface area contributed by atoms with E-state index >= 15 is 0 Å². The molecule has 0 unspecified atom stereocenters. The molecule has 1 saturated heterocycles. The lowest BCUT2D eigenvalue weighted by Crippen LogP contribution is -2.58. The SMILES string of the molecule is CC[C@H](C)[C@@H](C(=O)N[C@@H](Cc1ccccc1)[C@@H](O)CN(Cc1ccc(-c2ccccn2)cc1)NC(=O)O)N1CCN(Cc2cccc(C)n2)C1=O. The van der Waals surface area contributed by atoms with Crippen LogP contribution in [0.3, 0.4) is 0 Å². The quantitative estimate of drug-likeness (QED) is 0.121. The number of rotatable bonds is 16. The van der Waals surface area contributed by atoms with E-state index in [0.717, 1.165) is 33.8 Å². The van der Waals surface area contributed by atoms with Gasteiger partial charge < -0.3 is 25.3 Å². The number of amides is 4. The van der Waals surface area contributed by atoms with Gasteiger partial charge in [-0.05, 0) is 54.7 Å². The number of nitrogens with zero attached hydrogens (tertiary/aromatic N) is 5. The van der Waals surface area contributed by atoms with Crippen molar-refractivity contribution in [2.45, 2.75) is 64.9 Å². The molecule has 4 atom stereocenters. The number of carbonyl (C=O) groups is 3. The summed E-state index contributed by atoms with van der Waals surface area (Å²) >= 11 is 0.